The van der Waals surface area contributed by atoms with Gasteiger partial charge in [-0.1, -0.05) is 326 Å². The first-order chi connectivity index (χ1) is 34.1. The second-order valence-electron chi connectivity index (χ2n) is 21.6. The number of nitrogens with one attached hydrogen (secondary N) is 1. The Balaban J connectivity index is 3.51. The van der Waals surface area contributed by atoms with E-state index in [1.54, 1.807) is 6.08 Å². The van der Waals surface area contributed by atoms with Crippen LogP contribution < -0.4 is 5.32 Å². The van der Waals surface area contributed by atoms with Gasteiger partial charge in [0, 0.05) is 0 Å². The van der Waals surface area contributed by atoms with Crippen molar-refractivity contribution in [2.45, 2.75) is 360 Å². The number of carbonyl (C=O) groups excluding carboxylic acids is 1. The third-order valence-corrected chi connectivity index (χ3v) is 14.7. The number of allylic oxidation sites excluding steroid dienone is 5. The molecule has 4 N–H and O–H groups in total. The predicted molar refractivity (Wildman–Crippen MR) is 305 cm³/mol. The lowest BCUT2D eigenvalue weighted by molar-refractivity contribution is -0.131. The van der Waals surface area contributed by atoms with Gasteiger partial charge in [0.1, 0.15) is 6.10 Å². The Hall–Kier alpha value is -1.43. The molecule has 0 heterocycles. The van der Waals surface area contributed by atoms with Crippen LogP contribution >= 0.6 is 0 Å². The van der Waals surface area contributed by atoms with E-state index in [0.29, 0.717) is 6.42 Å². The van der Waals surface area contributed by atoms with Gasteiger partial charge in [-0.25, -0.2) is 0 Å². The van der Waals surface area contributed by atoms with Crippen LogP contribution in [0.2, 0.25) is 0 Å². The molecule has 5 nitrogen and oxygen atoms in total. The highest BCUT2D eigenvalue weighted by atomic mass is 16.3. The van der Waals surface area contributed by atoms with Gasteiger partial charge in [0.25, 0.3) is 0 Å². The van der Waals surface area contributed by atoms with Crippen molar-refractivity contribution in [3.63, 3.8) is 0 Å². The summed E-state index contributed by atoms with van der Waals surface area (Å²) < 4.78 is 0. The normalized spacial score (nSPS) is 13.4. The maximum Gasteiger partial charge on any atom is 0.249 e. The molecule has 0 rings (SSSR count). The van der Waals surface area contributed by atoms with E-state index in [0.717, 1.165) is 38.5 Å². The largest absolute Gasteiger partial charge is 0.394 e. The standard InChI is InChI=1S/C64H123NO4/c1-3-5-7-9-11-13-15-17-19-21-23-24-25-26-27-28-29-30-31-32-33-34-35-36-37-38-39-41-43-45-47-49-51-53-55-57-59-63(68)64(69)65-61(60-66)62(67)58-56-54-52-50-48-46-44-42-40-22-20-18-16-14-12-10-8-6-4-2/h27-28,30-31,56,58,61-63,66-68H,3-26,29,32-55,57,59-60H2,1-2H3,(H,65,69)/b28-27-,31-30-,58-56+. The van der Waals surface area contributed by atoms with Crippen LogP contribution in [0.15, 0.2) is 36.5 Å². The Kier molecular flexibility index (Phi) is 57.9. The van der Waals surface area contributed by atoms with Crippen molar-refractivity contribution >= 4 is 5.91 Å². The number of rotatable bonds is 58. The molecule has 3 unspecified atom stereocenters. The molecule has 408 valence electrons. The predicted octanol–water partition coefficient (Wildman–Crippen LogP) is 19.8. The summed E-state index contributed by atoms with van der Waals surface area (Å²) in [6.07, 6.45) is 78.2. The minimum absolute atomic E-state index is 0.361. The van der Waals surface area contributed by atoms with Crippen LogP contribution in [-0.2, 0) is 4.79 Å². The maximum absolute atomic E-state index is 12.6. The van der Waals surface area contributed by atoms with E-state index >= 15 is 0 Å². The summed E-state index contributed by atoms with van der Waals surface area (Å²) in [5.74, 6) is -0.498. The molecule has 0 aromatic rings. The Morgan fingerprint density at radius 1 is 0.362 bits per heavy atom. The molecular formula is C64H123NO4. The van der Waals surface area contributed by atoms with Crippen molar-refractivity contribution in [1.82, 2.24) is 5.32 Å². The smallest absolute Gasteiger partial charge is 0.249 e. The Morgan fingerprint density at radius 2 is 0.623 bits per heavy atom. The van der Waals surface area contributed by atoms with Crippen LogP contribution in [0.5, 0.6) is 0 Å². The zero-order chi connectivity index (χ0) is 50.0. The first-order valence-electron chi connectivity index (χ1n) is 31.3. The maximum atomic E-state index is 12.6. The van der Waals surface area contributed by atoms with E-state index in [4.69, 9.17) is 0 Å². The van der Waals surface area contributed by atoms with E-state index < -0.39 is 24.2 Å². The van der Waals surface area contributed by atoms with Gasteiger partial charge < -0.3 is 20.6 Å². The molecule has 0 aliphatic carbocycles. The number of unbranched alkanes of at least 4 members (excludes halogenated alkanes) is 46. The number of carbonyl (C=O) groups is 1. The molecule has 0 radical (unpaired) electrons. The fourth-order valence-electron chi connectivity index (χ4n) is 9.87. The molecule has 5 heteroatoms. The van der Waals surface area contributed by atoms with Gasteiger partial charge in [-0.2, -0.15) is 0 Å². The van der Waals surface area contributed by atoms with Crippen molar-refractivity contribution in [3.8, 4) is 0 Å². The molecule has 0 fully saturated rings. The Bertz CT molecular complexity index is 1070. The highest BCUT2D eigenvalue weighted by Crippen LogP contribution is 2.18. The average Bonchev–Trinajstić information content (AvgIpc) is 3.35. The van der Waals surface area contributed by atoms with Gasteiger partial charge in [-0.3, -0.25) is 4.79 Å². The zero-order valence-electron chi connectivity index (χ0n) is 46.7. The highest BCUT2D eigenvalue weighted by Gasteiger charge is 2.22. The number of aliphatic hydroxyl groups excluding tert-OH is 3. The molecule has 0 aromatic carbocycles. The minimum atomic E-state index is -1.10. The highest BCUT2D eigenvalue weighted by molar-refractivity contribution is 5.80. The first kappa shape index (κ1) is 67.6. The molecular weight excluding hydrogens is 847 g/mol. The van der Waals surface area contributed by atoms with Crippen LogP contribution in [-0.4, -0.2) is 46.1 Å². The molecule has 69 heavy (non-hydrogen) atoms. The molecule has 0 bridgehead atoms. The lowest BCUT2D eigenvalue weighted by Crippen LogP contribution is -2.48. The van der Waals surface area contributed by atoms with Gasteiger partial charge in [-0.15, -0.1) is 0 Å². The lowest BCUT2D eigenvalue weighted by Gasteiger charge is -2.21. The van der Waals surface area contributed by atoms with E-state index in [-0.39, 0.29) is 6.61 Å². The van der Waals surface area contributed by atoms with E-state index in [1.165, 1.54) is 283 Å². The molecule has 0 spiro atoms. The molecule has 0 aliphatic heterocycles. The van der Waals surface area contributed by atoms with Crippen LogP contribution in [0.4, 0.5) is 0 Å². The van der Waals surface area contributed by atoms with Gasteiger partial charge in [0.15, 0.2) is 0 Å². The minimum Gasteiger partial charge on any atom is -0.394 e. The summed E-state index contributed by atoms with van der Waals surface area (Å²) in [5, 5.41) is 33.4. The number of hydrogen-bond donors (Lipinski definition) is 4. The van der Waals surface area contributed by atoms with Gasteiger partial charge in [0.05, 0.1) is 18.8 Å². The van der Waals surface area contributed by atoms with Crippen LogP contribution in [0.3, 0.4) is 0 Å². The topological polar surface area (TPSA) is 89.8 Å². The molecule has 1 amide bonds. The summed E-state index contributed by atoms with van der Waals surface area (Å²) in [6, 6.07) is -0.798. The Labute approximate surface area is 432 Å². The number of aliphatic hydroxyl groups is 3. The summed E-state index contributed by atoms with van der Waals surface area (Å²) in [7, 11) is 0. The quantitative estimate of drug-likeness (QED) is 0.0361. The molecule has 0 aliphatic rings. The van der Waals surface area contributed by atoms with Crippen molar-refractivity contribution in [3.05, 3.63) is 36.5 Å². The van der Waals surface area contributed by atoms with Crippen molar-refractivity contribution in [1.29, 1.82) is 0 Å². The van der Waals surface area contributed by atoms with Crippen LogP contribution in [0.25, 0.3) is 0 Å². The van der Waals surface area contributed by atoms with Crippen molar-refractivity contribution in [2.75, 3.05) is 6.61 Å². The third-order valence-electron chi connectivity index (χ3n) is 14.7. The van der Waals surface area contributed by atoms with Crippen LogP contribution in [0.1, 0.15) is 341 Å². The molecule has 0 saturated carbocycles. The van der Waals surface area contributed by atoms with Gasteiger partial charge >= 0.3 is 0 Å². The second kappa shape index (κ2) is 59.1. The summed E-state index contributed by atoms with van der Waals surface area (Å²) in [6.45, 7) is 4.22. The molecule has 3 atom stereocenters. The summed E-state index contributed by atoms with van der Waals surface area (Å²) >= 11 is 0. The first-order valence-corrected chi connectivity index (χ1v) is 31.3. The van der Waals surface area contributed by atoms with Crippen molar-refractivity contribution < 1.29 is 20.1 Å². The molecule has 0 aromatic heterocycles. The zero-order valence-corrected chi connectivity index (χ0v) is 46.7. The molecule has 0 saturated heterocycles. The lowest BCUT2D eigenvalue weighted by atomic mass is 10.0. The van der Waals surface area contributed by atoms with E-state index in [2.05, 4.69) is 43.5 Å². The number of amides is 1. The number of hydrogen-bond acceptors (Lipinski definition) is 4. The van der Waals surface area contributed by atoms with Gasteiger partial charge in [-0.05, 0) is 51.4 Å². The fourth-order valence-corrected chi connectivity index (χ4v) is 9.87. The Morgan fingerprint density at radius 3 is 0.913 bits per heavy atom. The van der Waals surface area contributed by atoms with Gasteiger partial charge in [0.2, 0.25) is 5.91 Å². The van der Waals surface area contributed by atoms with Crippen LogP contribution in [0, 0.1) is 0 Å². The third kappa shape index (κ3) is 54.2. The van der Waals surface area contributed by atoms with Crippen molar-refractivity contribution in [2.24, 2.45) is 0 Å². The monoisotopic (exact) mass is 970 g/mol. The SMILES string of the molecule is CCCCCCCCCCCCCCC/C=C\C/C=C\CCCCCCCCCCCCCCCCCCC(O)C(=O)NC(CO)C(O)/C=C/CCCCCCCCCCCCCCCCCCC. The second-order valence-corrected chi connectivity index (χ2v) is 21.6. The summed E-state index contributed by atoms with van der Waals surface area (Å²) in [5.41, 5.74) is 0. The van der Waals surface area contributed by atoms with E-state index in [1.807, 2.05) is 6.08 Å². The summed E-state index contributed by atoms with van der Waals surface area (Å²) in [4.78, 5) is 12.6. The van der Waals surface area contributed by atoms with E-state index in [9.17, 15) is 20.1 Å². The fraction of sp³-hybridized carbons (Fsp3) is 0.891. The average molecular weight is 971 g/mol.